The standard InChI is InChI=1S/C30H24ClF3N8/c1-2-25(17-9-24(33)30(34)37-13-17)39-27-18(12-35)14-36-29-22(27)10-20(11-23(29)31)38-28(16-3-5-19(32)6-4-16)26-15-42(41-40-26)21-7-8-21/h3-6,9-11,13-15,21,25,28,38H,2,7-8H2,1H3,(H,36,39)/i28D. The number of nitriles is 1. The highest BCUT2D eigenvalue weighted by molar-refractivity contribution is 6.35. The van der Waals surface area contributed by atoms with Crippen LogP contribution in [-0.4, -0.2) is 25.0 Å². The monoisotopic (exact) mass is 589 g/mol. The molecule has 42 heavy (non-hydrogen) atoms. The van der Waals surface area contributed by atoms with E-state index in [1.165, 1.54) is 36.7 Å². The largest absolute Gasteiger partial charge is 0.377 e. The van der Waals surface area contributed by atoms with E-state index in [1.807, 2.05) is 6.92 Å². The Morgan fingerprint density at radius 1 is 1.10 bits per heavy atom. The van der Waals surface area contributed by atoms with Crippen LogP contribution in [0.1, 0.15) is 68.0 Å². The lowest BCUT2D eigenvalue weighted by Gasteiger charge is -2.22. The number of anilines is 2. The summed E-state index contributed by atoms with van der Waals surface area (Å²) in [7, 11) is 0. The first-order chi connectivity index (χ1) is 20.7. The van der Waals surface area contributed by atoms with Gasteiger partial charge < -0.3 is 10.6 Å². The molecular formula is C30H24ClF3N8. The topological polar surface area (TPSA) is 104 Å². The Morgan fingerprint density at radius 3 is 2.57 bits per heavy atom. The van der Waals surface area contributed by atoms with Gasteiger partial charge >= 0.3 is 0 Å². The molecule has 1 saturated carbocycles. The molecule has 1 fully saturated rings. The van der Waals surface area contributed by atoms with Crippen molar-refractivity contribution < 1.29 is 14.5 Å². The van der Waals surface area contributed by atoms with Crippen molar-refractivity contribution in [2.24, 2.45) is 0 Å². The number of hydrogen-bond acceptors (Lipinski definition) is 7. The van der Waals surface area contributed by atoms with Gasteiger partial charge in [0, 0.05) is 23.5 Å². The fourth-order valence-electron chi connectivity index (χ4n) is 4.75. The molecule has 0 bridgehead atoms. The molecule has 2 aromatic carbocycles. The minimum Gasteiger partial charge on any atom is -0.377 e. The molecule has 1 aliphatic carbocycles. The Bertz CT molecular complexity index is 1870. The summed E-state index contributed by atoms with van der Waals surface area (Å²) in [6.07, 6.45) is 6.71. The van der Waals surface area contributed by atoms with Crippen LogP contribution >= 0.6 is 11.6 Å². The van der Waals surface area contributed by atoms with Crippen molar-refractivity contribution in [2.75, 3.05) is 10.6 Å². The molecule has 5 aromatic rings. The van der Waals surface area contributed by atoms with Crippen molar-refractivity contribution in [1.82, 2.24) is 25.0 Å². The van der Waals surface area contributed by atoms with Crippen LogP contribution in [0.3, 0.4) is 0 Å². The Morgan fingerprint density at radius 2 is 1.88 bits per heavy atom. The zero-order valence-electron chi connectivity index (χ0n) is 23.2. The van der Waals surface area contributed by atoms with Gasteiger partial charge in [0.2, 0.25) is 5.95 Å². The maximum absolute atomic E-state index is 14.0. The van der Waals surface area contributed by atoms with Gasteiger partial charge in [0.25, 0.3) is 0 Å². The van der Waals surface area contributed by atoms with Crippen LogP contribution in [0.4, 0.5) is 24.5 Å². The fourth-order valence-corrected chi connectivity index (χ4v) is 5.02. The first-order valence-electron chi connectivity index (χ1n) is 13.8. The Hall–Kier alpha value is -4.69. The highest BCUT2D eigenvalue weighted by Gasteiger charge is 2.27. The van der Waals surface area contributed by atoms with E-state index in [0.717, 1.165) is 18.9 Å². The number of pyridine rings is 2. The summed E-state index contributed by atoms with van der Waals surface area (Å²) in [6.45, 7) is 1.85. The van der Waals surface area contributed by atoms with Gasteiger partial charge in [0.1, 0.15) is 17.6 Å². The highest BCUT2D eigenvalue weighted by Crippen LogP contribution is 2.38. The third kappa shape index (κ3) is 5.45. The molecule has 0 saturated heterocycles. The summed E-state index contributed by atoms with van der Waals surface area (Å²) >= 11 is 6.69. The van der Waals surface area contributed by atoms with E-state index < -0.39 is 29.6 Å². The highest BCUT2D eigenvalue weighted by atomic mass is 35.5. The predicted molar refractivity (Wildman–Crippen MR) is 152 cm³/mol. The molecule has 0 amide bonds. The number of rotatable bonds is 9. The number of halogens is 4. The van der Waals surface area contributed by atoms with Gasteiger partial charge in [-0.05, 0) is 60.7 Å². The van der Waals surface area contributed by atoms with Crippen LogP contribution in [0.2, 0.25) is 5.02 Å². The zero-order valence-corrected chi connectivity index (χ0v) is 23.0. The number of nitrogens with one attached hydrogen (secondary N) is 2. The summed E-state index contributed by atoms with van der Waals surface area (Å²) in [5.41, 5.74) is 2.41. The molecule has 0 radical (unpaired) electrons. The normalized spacial score (nSPS) is 15.5. The number of fused-ring (bicyclic) bond motifs is 1. The van der Waals surface area contributed by atoms with Gasteiger partial charge in [0.15, 0.2) is 5.82 Å². The van der Waals surface area contributed by atoms with E-state index in [0.29, 0.717) is 45.5 Å². The first kappa shape index (κ1) is 26.2. The van der Waals surface area contributed by atoms with Crippen LogP contribution in [0.5, 0.6) is 0 Å². The average Bonchev–Trinajstić information content (AvgIpc) is 3.73. The molecule has 8 nitrogen and oxygen atoms in total. The van der Waals surface area contributed by atoms with Crippen LogP contribution in [0.25, 0.3) is 10.9 Å². The molecule has 1 aliphatic rings. The second-order valence-electron chi connectivity index (χ2n) is 9.98. The molecule has 3 aromatic heterocycles. The molecule has 0 aliphatic heterocycles. The third-order valence-corrected chi connectivity index (χ3v) is 7.37. The van der Waals surface area contributed by atoms with E-state index in [2.05, 4.69) is 37.0 Å². The van der Waals surface area contributed by atoms with Gasteiger partial charge in [-0.3, -0.25) is 4.98 Å². The van der Waals surface area contributed by atoms with Crippen LogP contribution in [-0.2, 0) is 0 Å². The van der Waals surface area contributed by atoms with E-state index in [9.17, 15) is 19.8 Å². The lowest BCUT2D eigenvalue weighted by molar-refractivity contribution is 0.475. The second kappa shape index (κ2) is 11.3. The summed E-state index contributed by atoms with van der Waals surface area (Å²) < 4.78 is 52.7. The van der Waals surface area contributed by atoms with E-state index in [1.54, 1.807) is 23.0 Å². The maximum Gasteiger partial charge on any atom is 0.248 e. The number of hydrogen-bond donors (Lipinski definition) is 2. The van der Waals surface area contributed by atoms with Gasteiger partial charge in [-0.2, -0.15) is 9.65 Å². The van der Waals surface area contributed by atoms with Crippen LogP contribution in [0.15, 0.2) is 61.1 Å². The summed E-state index contributed by atoms with van der Waals surface area (Å²) in [5, 5.41) is 25.6. The van der Waals surface area contributed by atoms with Crippen LogP contribution < -0.4 is 10.6 Å². The van der Waals surface area contributed by atoms with Gasteiger partial charge in [0.05, 0.1) is 47.5 Å². The maximum atomic E-state index is 14.0. The van der Waals surface area contributed by atoms with Crippen molar-refractivity contribution in [1.29, 1.82) is 5.26 Å². The number of nitrogens with zero attached hydrogens (tertiary/aromatic N) is 6. The average molecular weight is 590 g/mol. The molecular weight excluding hydrogens is 565 g/mol. The van der Waals surface area contributed by atoms with Crippen LogP contribution in [0, 0.1) is 28.9 Å². The van der Waals surface area contributed by atoms with Gasteiger partial charge in [-0.1, -0.05) is 35.9 Å². The zero-order chi connectivity index (χ0) is 30.3. The summed E-state index contributed by atoms with van der Waals surface area (Å²) in [5.74, 6) is -2.74. The van der Waals surface area contributed by atoms with Crippen molar-refractivity contribution >= 4 is 33.9 Å². The minimum atomic E-state index is -1.70. The molecule has 12 heteroatoms. The molecule has 212 valence electrons. The molecule has 3 heterocycles. The summed E-state index contributed by atoms with van der Waals surface area (Å²) in [6, 6.07) is 9.99. The van der Waals surface area contributed by atoms with Gasteiger partial charge in [-0.25, -0.2) is 18.4 Å². The minimum absolute atomic E-state index is 0.192. The smallest absolute Gasteiger partial charge is 0.248 e. The SMILES string of the molecule is [2H]C(Nc1cc(Cl)c2ncc(C#N)c(NC(CC)c3cnc(F)c(F)c3)c2c1)(c1ccc(F)cc1)c1cn(C2CC2)nn1. The van der Waals surface area contributed by atoms with E-state index >= 15 is 0 Å². The molecule has 6 rings (SSSR count). The van der Waals surface area contributed by atoms with Crippen molar-refractivity contribution in [3.05, 3.63) is 106 Å². The molecule has 2 atom stereocenters. The van der Waals surface area contributed by atoms with Crippen molar-refractivity contribution in [2.45, 2.75) is 44.3 Å². The third-order valence-electron chi connectivity index (χ3n) is 7.08. The summed E-state index contributed by atoms with van der Waals surface area (Å²) in [4.78, 5) is 7.87. The second-order valence-corrected chi connectivity index (χ2v) is 10.4. The quantitative estimate of drug-likeness (QED) is 0.174. The van der Waals surface area contributed by atoms with Crippen molar-refractivity contribution in [3.8, 4) is 6.07 Å². The van der Waals surface area contributed by atoms with Gasteiger partial charge in [-0.15, -0.1) is 5.10 Å². The lowest BCUT2D eigenvalue weighted by atomic mass is 10.0. The van der Waals surface area contributed by atoms with E-state index in [4.69, 9.17) is 11.6 Å². The first-order valence-corrected chi connectivity index (χ1v) is 13.6. The number of benzene rings is 2. The lowest BCUT2D eigenvalue weighted by Crippen LogP contribution is -2.14. The molecule has 2 unspecified atom stereocenters. The van der Waals surface area contributed by atoms with E-state index in [-0.39, 0.29) is 16.6 Å². The fraction of sp³-hybridized carbons (Fsp3) is 0.233. The Labute approximate surface area is 245 Å². The molecule has 0 spiro atoms. The van der Waals surface area contributed by atoms with Crippen molar-refractivity contribution in [3.63, 3.8) is 0 Å². The molecule has 2 N–H and O–H groups in total. The number of aromatic nitrogens is 5. The predicted octanol–water partition coefficient (Wildman–Crippen LogP) is 7.26. The Balaban J connectivity index is 1.45. The Kier molecular flexibility index (Phi) is 7.05.